The maximum atomic E-state index is 13.5. The molecule has 0 aliphatic rings. The molecule has 1 amide bonds. The van der Waals surface area contributed by atoms with Gasteiger partial charge in [-0.05, 0) is 30.7 Å². The van der Waals surface area contributed by atoms with E-state index in [9.17, 15) is 9.59 Å². The SMILES string of the molecule is Cc1ccc(Cn2c(SCC(=O)NCc3ccco3)nc3c(sc4ccccc43)c2=O)cc1. The van der Waals surface area contributed by atoms with Gasteiger partial charge in [-0.1, -0.05) is 59.8 Å². The highest BCUT2D eigenvalue weighted by atomic mass is 32.2. The Morgan fingerprint density at radius 1 is 1.12 bits per heavy atom. The number of nitrogens with one attached hydrogen (secondary N) is 1. The molecule has 6 nitrogen and oxygen atoms in total. The predicted molar refractivity (Wildman–Crippen MR) is 133 cm³/mol. The van der Waals surface area contributed by atoms with Crippen LogP contribution in [0.3, 0.4) is 0 Å². The van der Waals surface area contributed by atoms with Crippen LogP contribution < -0.4 is 10.9 Å². The fraction of sp³-hybridized carbons (Fsp3) is 0.160. The van der Waals surface area contributed by atoms with Crippen LogP contribution in [0.5, 0.6) is 0 Å². The number of nitrogens with zero attached hydrogens (tertiary/aromatic N) is 2. The van der Waals surface area contributed by atoms with E-state index in [0.29, 0.717) is 34.2 Å². The van der Waals surface area contributed by atoms with Gasteiger partial charge in [0.1, 0.15) is 10.5 Å². The van der Waals surface area contributed by atoms with E-state index in [1.165, 1.54) is 23.1 Å². The van der Waals surface area contributed by atoms with Crippen LogP contribution in [0.1, 0.15) is 16.9 Å². The van der Waals surface area contributed by atoms with Crippen molar-refractivity contribution in [2.45, 2.75) is 25.2 Å². The van der Waals surface area contributed by atoms with Crippen LogP contribution in [0, 0.1) is 6.92 Å². The number of aryl methyl sites for hydroxylation is 1. The molecule has 0 bridgehead atoms. The number of thioether (sulfide) groups is 1. The first kappa shape index (κ1) is 21.5. The van der Waals surface area contributed by atoms with Crippen molar-refractivity contribution in [2.24, 2.45) is 0 Å². The molecule has 33 heavy (non-hydrogen) atoms. The van der Waals surface area contributed by atoms with Crippen molar-refractivity contribution in [3.63, 3.8) is 0 Å². The van der Waals surface area contributed by atoms with Crippen molar-refractivity contribution in [2.75, 3.05) is 5.75 Å². The van der Waals surface area contributed by atoms with Crippen LogP contribution in [0.15, 0.2) is 81.3 Å². The average molecular weight is 476 g/mol. The Balaban J connectivity index is 1.48. The van der Waals surface area contributed by atoms with Gasteiger partial charge in [-0.2, -0.15) is 0 Å². The molecular weight excluding hydrogens is 454 g/mol. The van der Waals surface area contributed by atoms with E-state index in [2.05, 4.69) is 5.32 Å². The zero-order valence-corrected chi connectivity index (χ0v) is 19.5. The van der Waals surface area contributed by atoms with Gasteiger partial charge in [-0.15, -0.1) is 11.3 Å². The summed E-state index contributed by atoms with van der Waals surface area (Å²) in [5, 5.41) is 4.33. The topological polar surface area (TPSA) is 77.1 Å². The molecule has 3 heterocycles. The second kappa shape index (κ2) is 9.25. The van der Waals surface area contributed by atoms with Gasteiger partial charge in [-0.3, -0.25) is 14.2 Å². The highest BCUT2D eigenvalue weighted by Crippen LogP contribution is 2.32. The lowest BCUT2D eigenvalue weighted by Crippen LogP contribution is -2.26. The van der Waals surface area contributed by atoms with Gasteiger partial charge in [0.05, 0.1) is 30.6 Å². The maximum absolute atomic E-state index is 13.5. The molecule has 0 saturated heterocycles. The van der Waals surface area contributed by atoms with Crippen LogP contribution >= 0.6 is 23.1 Å². The normalized spacial score (nSPS) is 11.3. The molecular formula is C25H21N3O3S2. The molecule has 0 aliphatic carbocycles. The Kier molecular flexibility index (Phi) is 6.02. The van der Waals surface area contributed by atoms with Crippen LogP contribution in [0.4, 0.5) is 0 Å². The number of carbonyl (C=O) groups is 1. The molecule has 0 radical (unpaired) electrons. The lowest BCUT2D eigenvalue weighted by Gasteiger charge is -2.12. The summed E-state index contributed by atoms with van der Waals surface area (Å²) in [6.45, 7) is 2.75. The molecule has 3 aromatic heterocycles. The molecule has 0 aliphatic heterocycles. The van der Waals surface area contributed by atoms with Gasteiger partial charge < -0.3 is 9.73 Å². The van der Waals surface area contributed by atoms with Crippen LogP contribution in [-0.2, 0) is 17.9 Å². The van der Waals surface area contributed by atoms with Crippen molar-refractivity contribution in [1.29, 1.82) is 0 Å². The smallest absolute Gasteiger partial charge is 0.272 e. The molecule has 166 valence electrons. The summed E-state index contributed by atoms with van der Waals surface area (Å²) in [6.07, 6.45) is 1.57. The van der Waals surface area contributed by atoms with Crippen molar-refractivity contribution in [3.8, 4) is 0 Å². The molecule has 0 spiro atoms. The molecule has 5 aromatic rings. The van der Waals surface area contributed by atoms with Crippen molar-refractivity contribution >= 4 is 49.3 Å². The Labute approximate surface area is 198 Å². The summed E-state index contributed by atoms with van der Waals surface area (Å²) in [5.41, 5.74) is 2.78. The second-order valence-electron chi connectivity index (χ2n) is 7.69. The Bertz CT molecular complexity index is 1490. The highest BCUT2D eigenvalue weighted by Gasteiger charge is 2.17. The van der Waals surface area contributed by atoms with Gasteiger partial charge in [0.15, 0.2) is 5.16 Å². The molecule has 0 unspecified atom stereocenters. The molecule has 0 fully saturated rings. The van der Waals surface area contributed by atoms with Gasteiger partial charge >= 0.3 is 0 Å². The number of aromatic nitrogens is 2. The standard InChI is InChI=1S/C25H21N3O3S2/c1-16-8-10-17(11-9-16)14-28-24(30)23-22(19-6-2-3-7-20(19)33-23)27-25(28)32-15-21(29)26-13-18-5-4-12-31-18/h2-12H,13-15H2,1H3,(H,26,29). The lowest BCUT2D eigenvalue weighted by molar-refractivity contribution is -0.118. The Morgan fingerprint density at radius 3 is 2.73 bits per heavy atom. The van der Waals surface area contributed by atoms with Crippen molar-refractivity contribution in [3.05, 3.63) is 94.2 Å². The van der Waals surface area contributed by atoms with Crippen LogP contribution in [0.25, 0.3) is 20.3 Å². The van der Waals surface area contributed by atoms with Crippen LogP contribution in [0.2, 0.25) is 0 Å². The molecule has 2 aromatic carbocycles. The fourth-order valence-corrected chi connectivity index (χ4v) is 5.47. The Morgan fingerprint density at radius 2 is 1.94 bits per heavy atom. The molecule has 0 atom stereocenters. The minimum absolute atomic E-state index is 0.0831. The van der Waals surface area contributed by atoms with Gasteiger partial charge in [0.25, 0.3) is 5.56 Å². The van der Waals surface area contributed by atoms with E-state index in [-0.39, 0.29) is 17.2 Å². The summed E-state index contributed by atoms with van der Waals surface area (Å²) in [7, 11) is 0. The predicted octanol–water partition coefficient (Wildman–Crippen LogP) is 4.97. The van der Waals surface area contributed by atoms with E-state index < -0.39 is 0 Å². The third kappa shape index (κ3) is 4.58. The minimum atomic E-state index is -0.150. The first-order chi connectivity index (χ1) is 16.1. The second-order valence-corrected chi connectivity index (χ2v) is 9.69. The number of amides is 1. The molecule has 0 saturated carbocycles. The Hall–Kier alpha value is -3.36. The third-order valence-electron chi connectivity index (χ3n) is 5.28. The van der Waals surface area contributed by atoms with Crippen molar-refractivity contribution < 1.29 is 9.21 Å². The van der Waals surface area contributed by atoms with Crippen molar-refractivity contribution in [1.82, 2.24) is 14.9 Å². The van der Waals surface area contributed by atoms with E-state index in [0.717, 1.165) is 21.2 Å². The minimum Gasteiger partial charge on any atom is -0.467 e. The average Bonchev–Trinajstić information content (AvgIpc) is 3.48. The van der Waals surface area contributed by atoms with E-state index in [4.69, 9.17) is 9.40 Å². The number of furan rings is 1. The fourth-order valence-electron chi connectivity index (χ4n) is 3.56. The zero-order chi connectivity index (χ0) is 22.8. The summed E-state index contributed by atoms with van der Waals surface area (Å²) in [6, 6.07) is 19.6. The molecule has 5 rings (SSSR count). The number of hydrogen-bond donors (Lipinski definition) is 1. The van der Waals surface area contributed by atoms with Gasteiger partial charge in [0, 0.05) is 10.1 Å². The summed E-state index contributed by atoms with van der Waals surface area (Å²) < 4.78 is 8.59. The van der Waals surface area contributed by atoms with Gasteiger partial charge in [0.2, 0.25) is 5.91 Å². The van der Waals surface area contributed by atoms with E-state index in [1.54, 1.807) is 16.9 Å². The maximum Gasteiger partial charge on any atom is 0.272 e. The van der Waals surface area contributed by atoms with Crippen LogP contribution in [-0.4, -0.2) is 21.2 Å². The largest absolute Gasteiger partial charge is 0.467 e. The molecule has 1 N–H and O–H groups in total. The van der Waals surface area contributed by atoms with Gasteiger partial charge in [-0.25, -0.2) is 4.98 Å². The number of hydrogen-bond acceptors (Lipinski definition) is 6. The summed E-state index contributed by atoms with van der Waals surface area (Å²) >= 11 is 2.73. The summed E-state index contributed by atoms with van der Waals surface area (Å²) in [4.78, 5) is 30.8. The molecule has 8 heteroatoms. The number of fused-ring (bicyclic) bond motifs is 3. The monoisotopic (exact) mass is 475 g/mol. The number of benzene rings is 2. The third-order valence-corrected chi connectivity index (χ3v) is 7.40. The van der Waals surface area contributed by atoms with E-state index >= 15 is 0 Å². The number of carbonyl (C=O) groups excluding carboxylic acids is 1. The highest BCUT2D eigenvalue weighted by molar-refractivity contribution is 7.99. The quantitative estimate of drug-likeness (QED) is 0.266. The lowest BCUT2D eigenvalue weighted by atomic mass is 10.1. The number of thiophene rings is 1. The van der Waals surface area contributed by atoms with E-state index in [1.807, 2.05) is 61.5 Å². The number of rotatable bonds is 7. The zero-order valence-electron chi connectivity index (χ0n) is 17.9. The first-order valence-electron chi connectivity index (χ1n) is 10.5. The first-order valence-corrected chi connectivity index (χ1v) is 12.3. The summed E-state index contributed by atoms with van der Waals surface area (Å²) in [5.74, 6) is 0.686.